The number of hydrogen-bond acceptors (Lipinski definition) is 1. The number of nitrogens with two attached hydrogens (primary N) is 1. The lowest BCUT2D eigenvalue weighted by Crippen LogP contribution is -2.25. The molecule has 2 heteroatoms. The summed E-state index contributed by atoms with van der Waals surface area (Å²) in [5.41, 5.74) is 5.81. The molecule has 0 aliphatic rings. The standard InChI is InChI=1S/C14H27N.HI/c1-4-6-7-8-9-10-12-14(3,13-15)11-5-2;/h4,6-10,12-13,15H2,1-3H3;1H. The first-order chi connectivity index (χ1) is 7.18. The third kappa shape index (κ3) is 9.47. The molecule has 0 aromatic rings. The second-order valence-corrected chi connectivity index (χ2v) is 4.66. The number of unbranched alkanes of at least 4 members (excludes halogenated alkanes) is 5. The van der Waals surface area contributed by atoms with Crippen molar-refractivity contribution in [1.29, 1.82) is 0 Å². The fourth-order valence-corrected chi connectivity index (χ4v) is 1.81. The Morgan fingerprint density at radius 2 is 1.62 bits per heavy atom. The molecule has 0 heterocycles. The van der Waals surface area contributed by atoms with Gasteiger partial charge >= 0.3 is 0 Å². The van der Waals surface area contributed by atoms with Gasteiger partial charge < -0.3 is 5.73 Å². The lowest BCUT2D eigenvalue weighted by atomic mass is 9.85. The molecule has 96 valence electrons. The van der Waals surface area contributed by atoms with E-state index >= 15 is 0 Å². The van der Waals surface area contributed by atoms with Crippen LogP contribution < -0.4 is 5.73 Å². The fourth-order valence-electron chi connectivity index (χ4n) is 1.81. The quantitative estimate of drug-likeness (QED) is 0.398. The van der Waals surface area contributed by atoms with Crippen molar-refractivity contribution in [3.05, 3.63) is 0 Å². The van der Waals surface area contributed by atoms with Crippen LogP contribution >= 0.6 is 24.0 Å². The molecule has 0 aromatic carbocycles. The summed E-state index contributed by atoms with van der Waals surface area (Å²) in [6.45, 7) is 7.01. The van der Waals surface area contributed by atoms with E-state index in [1.165, 1.54) is 38.5 Å². The van der Waals surface area contributed by atoms with Crippen LogP contribution in [0.4, 0.5) is 0 Å². The summed E-state index contributed by atoms with van der Waals surface area (Å²) in [7, 11) is 0. The molecule has 2 N–H and O–H groups in total. The highest BCUT2D eigenvalue weighted by Gasteiger charge is 2.18. The molecule has 16 heavy (non-hydrogen) atoms. The van der Waals surface area contributed by atoms with Crippen molar-refractivity contribution in [2.45, 2.75) is 65.7 Å². The van der Waals surface area contributed by atoms with Crippen LogP contribution in [0.5, 0.6) is 0 Å². The smallest absolute Gasteiger partial charge is 0.0408 e. The van der Waals surface area contributed by atoms with E-state index in [0.29, 0.717) is 6.54 Å². The molecule has 1 unspecified atom stereocenters. The Bertz CT molecular complexity index is 205. The second-order valence-electron chi connectivity index (χ2n) is 4.66. The molecule has 0 rings (SSSR count). The van der Waals surface area contributed by atoms with E-state index in [0.717, 1.165) is 6.42 Å². The molecule has 0 aliphatic carbocycles. The molecule has 0 aromatic heterocycles. The fraction of sp³-hybridized carbons (Fsp3) is 0.857. The largest absolute Gasteiger partial charge is 0.329 e. The predicted molar refractivity (Wildman–Crippen MR) is 84.0 cm³/mol. The van der Waals surface area contributed by atoms with Gasteiger partial charge in [-0.25, -0.2) is 0 Å². The first-order valence-corrected chi connectivity index (χ1v) is 6.32. The van der Waals surface area contributed by atoms with Gasteiger partial charge in [0.05, 0.1) is 0 Å². The summed E-state index contributed by atoms with van der Waals surface area (Å²) >= 11 is 0. The van der Waals surface area contributed by atoms with Gasteiger partial charge in [0.2, 0.25) is 0 Å². The number of hydrogen-bond donors (Lipinski definition) is 1. The van der Waals surface area contributed by atoms with Crippen LogP contribution in [-0.2, 0) is 0 Å². The van der Waals surface area contributed by atoms with Crippen LogP contribution in [0.25, 0.3) is 0 Å². The molecule has 1 nitrogen and oxygen atoms in total. The Morgan fingerprint density at radius 1 is 1.06 bits per heavy atom. The first-order valence-electron chi connectivity index (χ1n) is 6.32. The highest BCUT2D eigenvalue weighted by molar-refractivity contribution is 14.0. The van der Waals surface area contributed by atoms with Crippen LogP contribution in [0.15, 0.2) is 0 Å². The third-order valence-electron chi connectivity index (χ3n) is 2.96. The molecule has 0 spiro atoms. The molecule has 0 aliphatic heterocycles. The molecule has 0 fully saturated rings. The van der Waals surface area contributed by atoms with Gasteiger partial charge in [0.15, 0.2) is 0 Å². The lowest BCUT2D eigenvalue weighted by molar-refractivity contribution is 0.396. The van der Waals surface area contributed by atoms with E-state index < -0.39 is 0 Å². The zero-order valence-corrected chi connectivity index (χ0v) is 13.5. The highest BCUT2D eigenvalue weighted by Crippen LogP contribution is 2.22. The molecule has 1 atom stereocenters. The number of rotatable bonds is 8. The minimum Gasteiger partial charge on any atom is -0.329 e. The topological polar surface area (TPSA) is 26.0 Å². The van der Waals surface area contributed by atoms with Gasteiger partial charge in [-0.05, 0) is 20.3 Å². The molecular weight excluding hydrogens is 309 g/mol. The second kappa shape index (κ2) is 11.7. The SMILES string of the molecule is CC#CC(C)(CN)CCCCCCCC.I. The van der Waals surface area contributed by atoms with Gasteiger partial charge in [0.25, 0.3) is 0 Å². The van der Waals surface area contributed by atoms with E-state index in [2.05, 4.69) is 25.7 Å². The van der Waals surface area contributed by atoms with Crippen LogP contribution in [0.2, 0.25) is 0 Å². The van der Waals surface area contributed by atoms with Gasteiger partial charge in [0, 0.05) is 12.0 Å². The van der Waals surface area contributed by atoms with Crippen molar-refractivity contribution in [2.75, 3.05) is 6.54 Å². The summed E-state index contributed by atoms with van der Waals surface area (Å²) in [6, 6.07) is 0. The van der Waals surface area contributed by atoms with Crippen molar-refractivity contribution in [1.82, 2.24) is 0 Å². The van der Waals surface area contributed by atoms with Crippen LogP contribution in [-0.4, -0.2) is 6.54 Å². The first kappa shape index (κ1) is 18.6. The summed E-state index contributed by atoms with van der Waals surface area (Å²) in [5.74, 6) is 6.23. The van der Waals surface area contributed by atoms with E-state index in [1.807, 2.05) is 6.92 Å². The molecule has 0 bridgehead atoms. The summed E-state index contributed by atoms with van der Waals surface area (Å²) in [6.07, 6.45) is 9.21. The van der Waals surface area contributed by atoms with Gasteiger partial charge in [0.1, 0.15) is 0 Å². The van der Waals surface area contributed by atoms with Crippen molar-refractivity contribution >= 4 is 24.0 Å². The molecular formula is C14H28IN. The maximum absolute atomic E-state index is 5.75. The average Bonchev–Trinajstić information content (AvgIpc) is 2.24. The molecule has 0 radical (unpaired) electrons. The maximum atomic E-state index is 5.75. The van der Waals surface area contributed by atoms with Crippen molar-refractivity contribution in [2.24, 2.45) is 11.1 Å². The average molecular weight is 337 g/mol. The lowest BCUT2D eigenvalue weighted by Gasteiger charge is -2.21. The maximum Gasteiger partial charge on any atom is 0.0408 e. The van der Waals surface area contributed by atoms with Crippen LogP contribution in [0.1, 0.15) is 65.7 Å². The molecule has 0 saturated carbocycles. The monoisotopic (exact) mass is 337 g/mol. The summed E-state index contributed by atoms with van der Waals surface area (Å²) in [5, 5.41) is 0. The van der Waals surface area contributed by atoms with Crippen LogP contribution in [0, 0.1) is 17.3 Å². The zero-order chi connectivity index (χ0) is 11.6. The van der Waals surface area contributed by atoms with E-state index in [-0.39, 0.29) is 29.4 Å². The van der Waals surface area contributed by atoms with Crippen molar-refractivity contribution < 1.29 is 0 Å². The van der Waals surface area contributed by atoms with Gasteiger partial charge in [-0.3, -0.25) is 0 Å². The highest BCUT2D eigenvalue weighted by atomic mass is 127. The Labute approximate surface area is 119 Å². The van der Waals surface area contributed by atoms with E-state index in [1.54, 1.807) is 0 Å². The van der Waals surface area contributed by atoms with Gasteiger partial charge in [-0.1, -0.05) is 51.4 Å². The van der Waals surface area contributed by atoms with E-state index in [4.69, 9.17) is 5.73 Å². The summed E-state index contributed by atoms with van der Waals surface area (Å²) < 4.78 is 0. The van der Waals surface area contributed by atoms with E-state index in [9.17, 15) is 0 Å². The van der Waals surface area contributed by atoms with Crippen molar-refractivity contribution in [3.8, 4) is 11.8 Å². The molecule has 0 saturated heterocycles. The predicted octanol–water partition coefficient (Wildman–Crippen LogP) is 4.34. The van der Waals surface area contributed by atoms with Crippen LogP contribution in [0.3, 0.4) is 0 Å². The minimum atomic E-state index is 0. The van der Waals surface area contributed by atoms with Crippen molar-refractivity contribution in [3.63, 3.8) is 0 Å². The Kier molecular flexibility index (Phi) is 13.6. The Morgan fingerprint density at radius 3 is 2.12 bits per heavy atom. The van der Waals surface area contributed by atoms with Gasteiger partial charge in [-0.2, -0.15) is 0 Å². The normalized spacial score (nSPS) is 13.2. The summed E-state index contributed by atoms with van der Waals surface area (Å²) in [4.78, 5) is 0. The number of halogens is 1. The zero-order valence-electron chi connectivity index (χ0n) is 11.1. The minimum absolute atomic E-state index is 0. The molecule has 0 amide bonds. The van der Waals surface area contributed by atoms with Gasteiger partial charge in [-0.15, -0.1) is 29.9 Å². The Hall–Kier alpha value is 0.250. The Balaban J connectivity index is 0. The third-order valence-corrected chi connectivity index (χ3v) is 2.96.